The smallest absolute Gasteiger partial charge is 0.262 e. The fourth-order valence-electron chi connectivity index (χ4n) is 3.91. The molecule has 22 heavy (non-hydrogen) atoms. The summed E-state index contributed by atoms with van der Waals surface area (Å²) in [6, 6.07) is 10.2. The molecule has 1 aromatic carbocycles. The maximum atomic E-state index is 13.8. The molecule has 2 aliphatic heterocycles. The second-order valence-electron chi connectivity index (χ2n) is 7.32. The highest BCUT2D eigenvalue weighted by Crippen LogP contribution is 2.43. The predicted octanol–water partition coefficient (Wildman–Crippen LogP) is 4.47. The lowest BCUT2D eigenvalue weighted by Crippen LogP contribution is -2.53. The monoisotopic (exact) mass is 306 g/mol. The Bertz CT molecular complexity index is 566. The van der Waals surface area contributed by atoms with Crippen molar-refractivity contribution in [1.29, 1.82) is 0 Å². The quantitative estimate of drug-likeness (QED) is 0.787. The lowest BCUT2D eigenvalue weighted by molar-refractivity contribution is -0.000791. The van der Waals surface area contributed by atoms with Gasteiger partial charge in [-0.1, -0.05) is 30.3 Å². The molecule has 0 amide bonds. The summed E-state index contributed by atoms with van der Waals surface area (Å²) in [4.78, 5) is 6.84. The van der Waals surface area contributed by atoms with E-state index in [0.717, 1.165) is 12.1 Å². The summed E-state index contributed by atoms with van der Waals surface area (Å²) in [6.07, 6.45) is 1.42. The molecule has 0 N–H and O–H groups in total. The molecule has 0 bridgehead atoms. The molecule has 2 atom stereocenters. The van der Waals surface area contributed by atoms with E-state index >= 15 is 0 Å². The van der Waals surface area contributed by atoms with Gasteiger partial charge in [-0.05, 0) is 26.3 Å². The van der Waals surface area contributed by atoms with Crippen LogP contribution in [0.2, 0.25) is 0 Å². The van der Waals surface area contributed by atoms with E-state index < -0.39 is 5.92 Å². The van der Waals surface area contributed by atoms with Crippen LogP contribution in [0.3, 0.4) is 0 Å². The first-order valence-corrected chi connectivity index (χ1v) is 8.02. The van der Waals surface area contributed by atoms with Crippen molar-refractivity contribution in [2.45, 2.75) is 63.6 Å². The Kier molecular flexibility index (Phi) is 3.84. The summed E-state index contributed by atoms with van der Waals surface area (Å²) in [6.45, 7) is 6.09. The summed E-state index contributed by atoms with van der Waals surface area (Å²) >= 11 is 0. The minimum Gasteiger partial charge on any atom is -0.288 e. The third kappa shape index (κ3) is 3.07. The molecule has 0 aromatic heterocycles. The Hall–Kier alpha value is -1.29. The number of benzene rings is 1. The number of alkyl halides is 2. The molecule has 1 aromatic rings. The standard InChI is InChI=1S/C18H24F2N2/c1-13(14-7-5-4-6-8-14)21-15-9-16-11-18(19,20)12-22(16)17(2,3)10-15/h4-8,13,16H,9-12H2,1-3H3/b21-15+/t13?,16-/m1/s1. The van der Waals surface area contributed by atoms with Gasteiger partial charge in [-0.25, -0.2) is 8.78 Å². The zero-order valence-corrected chi connectivity index (χ0v) is 13.5. The first-order chi connectivity index (χ1) is 10.3. The van der Waals surface area contributed by atoms with Crippen LogP contribution in [0, 0.1) is 0 Å². The number of nitrogens with zero attached hydrogens (tertiary/aromatic N) is 2. The highest BCUT2D eigenvalue weighted by atomic mass is 19.3. The second-order valence-corrected chi connectivity index (χ2v) is 7.32. The van der Waals surface area contributed by atoms with Crippen LogP contribution in [0.5, 0.6) is 0 Å². The number of fused-ring (bicyclic) bond motifs is 1. The average molecular weight is 306 g/mol. The topological polar surface area (TPSA) is 15.6 Å². The zero-order chi connectivity index (χ0) is 16.0. The molecular weight excluding hydrogens is 282 g/mol. The number of halogens is 2. The molecule has 2 heterocycles. The summed E-state index contributed by atoms with van der Waals surface area (Å²) in [7, 11) is 0. The molecule has 3 rings (SSSR count). The first kappa shape index (κ1) is 15.6. The Balaban J connectivity index is 1.80. The molecule has 120 valence electrons. The van der Waals surface area contributed by atoms with Gasteiger partial charge in [0, 0.05) is 36.6 Å². The van der Waals surface area contributed by atoms with E-state index in [-0.39, 0.29) is 30.6 Å². The largest absolute Gasteiger partial charge is 0.288 e. The Morgan fingerprint density at radius 3 is 2.59 bits per heavy atom. The van der Waals surface area contributed by atoms with Crippen molar-refractivity contribution in [2.75, 3.05) is 6.54 Å². The number of hydrogen-bond donors (Lipinski definition) is 0. The number of piperidine rings is 1. The molecule has 4 heteroatoms. The highest BCUT2D eigenvalue weighted by Gasteiger charge is 2.52. The number of aliphatic imine (C=N–C) groups is 1. The molecule has 2 fully saturated rings. The Morgan fingerprint density at radius 2 is 1.91 bits per heavy atom. The molecule has 2 nitrogen and oxygen atoms in total. The lowest BCUT2D eigenvalue weighted by atomic mass is 9.85. The van der Waals surface area contributed by atoms with E-state index in [1.165, 1.54) is 5.56 Å². The summed E-state index contributed by atoms with van der Waals surface area (Å²) in [5.41, 5.74) is 2.02. The Labute approximate surface area is 131 Å². The predicted molar refractivity (Wildman–Crippen MR) is 85.7 cm³/mol. The van der Waals surface area contributed by atoms with E-state index in [9.17, 15) is 8.78 Å². The summed E-state index contributed by atoms with van der Waals surface area (Å²) in [5.74, 6) is -2.55. The Morgan fingerprint density at radius 1 is 1.23 bits per heavy atom. The van der Waals surface area contributed by atoms with Crippen LogP contribution in [0.1, 0.15) is 51.6 Å². The van der Waals surface area contributed by atoms with Crippen LogP contribution >= 0.6 is 0 Å². The van der Waals surface area contributed by atoms with Crippen LogP contribution in [-0.2, 0) is 0 Å². The van der Waals surface area contributed by atoms with Gasteiger partial charge in [0.05, 0.1) is 12.6 Å². The van der Waals surface area contributed by atoms with E-state index in [4.69, 9.17) is 4.99 Å². The van der Waals surface area contributed by atoms with Crippen molar-refractivity contribution in [3.63, 3.8) is 0 Å². The molecule has 0 spiro atoms. The van der Waals surface area contributed by atoms with Gasteiger partial charge >= 0.3 is 0 Å². The van der Waals surface area contributed by atoms with Crippen LogP contribution in [0.25, 0.3) is 0 Å². The lowest BCUT2D eigenvalue weighted by Gasteiger charge is -2.44. The first-order valence-electron chi connectivity index (χ1n) is 8.02. The molecule has 2 aliphatic rings. The molecule has 0 aliphatic carbocycles. The second kappa shape index (κ2) is 5.41. The molecule has 1 unspecified atom stereocenters. The van der Waals surface area contributed by atoms with Gasteiger partial charge in [-0.2, -0.15) is 0 Å². The van der Waals surface area contributed by atoms with Crippen LogP contribution in [0.4, 0.5) is 8.78 Å². The fraction of sp³-hybridized carbons (Fsp3) is 0.611. The third-order valence-electron chi connectivity index (χ3n) is 4.92. The van der Waals surface area contributed by atoms with Crippen LogP contribution in [-0.4, -0.2) is 34.7 Å². The maximum absolute atomic E-state index is 13.8. The number of rotatable bonds is 2. The maximum Gasteiger partial charge on any atom is 0.262 e. The van der Waals surface area contributed by atoms with E-state index in [1.807, 2.05) is 23.1 Å². The normalized spacial score (nSPS) is 30.2. The van der Waals surface area contributed by atoms with Crippen LogP contribution in [0.15, 0.2) is 35.3 Å². The zero-order valence-electron chi connectivity index (χ0n) is 13.5. The van der Waals surface area contributed by atoms with Gasteiger partial charge in [-0.3, -0.25) is 9.89 Å². The summed E-state index contributed by atoms with van der Waals surface area (Å²) < 4.78 is 27.5. The summed E-state index contributed by atoms with van der Waals surface area (Å²) in [5, 5.41) is 0. The minimum atomic E-state index is -2.55. The van der Waals surface area contributed by atoms with Gasteiger partial charge in [0.25, 0.3) is 5.92 Å². The van der Waals surface area contributed by atoms with Crippen molar-refractivity contribution < 1.29 is 8.78 Å². The molecule has 0 radical (unpaired) electrons. The average Bonchev–Trinajstić information content (AvgIpc) is 2.74. The molecule has 0 saturated carbocycles. The van der Waals surface area contributed by atoms with Gasteiger partial charge < -0.3 is 0 Å². The van der Waals surface area contributed by atoms with Gasteiger partial charge in [0.1, 0.15) is 0 Å². The van der Waals surface area contributed by atoms with Crippen molar-refractivity contribution in [1.82, 2.24) is 4.90 Å². The molecule has 2 saturated heterocycles. The number of hydrogen-bond acceptors (Lipinski definition) is 2. The minimum absolute atomic E-state index is 0.0326. The van der Waals surface area contributed by atoms with Crippen molar-refractivity contribution in [2.24, 2.45) is 4.99 Å². The van der Waals surface area contributed by atoms with E-state index in [0.29, 0.717) is 6.42 Å². The van der Waals surface area contributed by atoms with E-state index in [1.54, 1.807) is 0 Å². The highest BCUT2D eigenvalue weighted by molar-refractivity contribution is 5.87. The third-order valence-corrected chi connectivity index (χ3v) is 4.92. The van der Waals surface area contributed by atoms with E-state index in [2.05, 4.69) is 32.9 Å². The van der Waals surface area contributed by atoms with Crippen molar-refractivity contribution >= 4 is 5.71 Å². The van der Waals surface area contributed by atoms with Gasteiger partial charge in [0.15, 0.2) is 0 Å². The van der Waals surface area contributed by atoms with Gasteiger partial charge in [0.2, 0.25) is 0 Å². The SMILES string of the molecule is CC(/N=C1\C[C@@H]2CC(F)(F)CN2C(C)(C)C1)c1ccccc1. The van der Waals surface area contributed by atoms with Crippen molar-refractivity contribution in [3.8, 4) is 0 Å². The van der Waals surface area contributed by atoms with Gasteiger partial charge in [-0.15, -0.1) is 0 Å². The van der Waals surface area contributed by atoms with Crippen molar-refractivity contribution in [3.05, 3.63) is 35.9 Å². The fourth-order valence-corrected chi connectivity index (χ4v) is 3.91. The molecular formula is C18H24F2N2. The van der Waals surface area contributed by atoms with Crippen LogP contribution < -0.4 is 0 Å².